The number of hydrogen-bond donors (Lipinski definition) is 1. The molecule has 7 rings (SSSR count). The van der Waals surface area contributed by atoms with Gasteiger partial charge < -0.3 is 28.8 Å². The summed E-state index contributed by atoms with van der Waals surface area (Å²) in [6.07, 6.45) is 6.82. The Hall–Kier alpha value is -4.11. The summed E-state index contributed by atoms with van der Waals surface area (Å²) in [5, 5.41) is 10.2. The predicted octanol–water partition coefficient (Wildman–Crippen LogP) is 5.35. The third-order valence-corrected chi connectivity index (χ3v) is 8.00. The Balaban J connectivity index is 1.56. The van der Waals surface area contributed by atoms with Crippen LogP contribution in [0.3, 0.4) is 0 Å². The van der Waals surface area contributed by atoms with Gasteiger partial charge in [0.15, 0.2) is 11.5 Å². The number of ether oxygens (including phenoxy) is 3. The van der Waals surface area contributed by atoms with E-state index in [9.17, 15) is 9.90 Å². The van der Waals surface area contributed by atoms with Crippen LogP contribution in [0.25, 0.3) is 22.2 Å². The Morgan fingerprint density at radius 3 is 2.54 bits per heavy atom. The van der Waals surface area contributed by atoms with Crippen LogP contribution >= 0.6 is 0 Å². The van der Waals surface area contributed by atoms with E-state index < -0.39 is 12.3 Å². The molecule has 9 nitrogen and oxygen atoms in total. The monoisotopic (exact) mass is 526 g/mol. The van der Waals surface area contributed by atoms with Gasteiger partial charge in [-0.05, 0) is 38.2 Å². The van der Waals surface area contributed by atoms with Gasteiger partial charge in [-0.25, -0.2) is 9.78 Å². The maximum atomic E-state index is 12.5. The number of hydrogen-bond acceptors (Lipinski definition) is 7. The molecule has 0 aliphatic carbocycles. The second kappa shape index (κ2) is 9.57. The summed E-state index contributed by atoms with van der Waals surface area (Å²) in [5.74, 6) is 0.186. The van der Waals surface area contributed by atoms with Gasteiger partial charge in [0, 0.05) is 43.1 Å². The number of rotatable bonds is 6. The molecule has 2 unspecified atom stereocenters. The minimum atomic E-state index is -1.06. The summed E-state index contributed by atoms with van der Waals surface area (Å²) in [4.78, 5) is 23.9. The topological polar surface area (TPSA) is 98.9 Å². The first-order valence-electron chi connectivity index (χ1n) is 13.6. The standard InChI is InChI=1S/C30H30N4O5/c1-18-25-27(34(17-20-11-15-37-20)28(32-25)29(35)36)23(19-8-4-2-5-9-19)24(26(18)33-13-6-3-7-14-33)30-38-21-10-12-31-16-22(21)39-30/h2,4-5,8-10,12,16,20,30H,3,6-7,11,13-15,17H2,1H3,(H,35,36). The van der Waals surface area contributed by atoms with E-state index in [1.54, 1.807) is 12.4 Å². The van der Waals surface area contributed by atoms with Crippen LogP contribution in [0, 0.1) is 6.92 Å². The number of nitrogens with zero attached hydrogens (tertiary/aromatic N) is 4. The Labute approximate surface area is 226 Å². The Bertz CT molecular complexity index is 1530. The van der Waals surface area contributed by atoms with Crippen molar-refractivity contribution < 1.29 is 24.1 Å². The normalized spacial score (nSPS) is 20.3. The quantitative estimate of drug-likeness (QED) is 0.359. The maximum absolute atomic E-state index is 12.5. The summed E-state index contributed by atoms with van der Waals surface area (Å²) >= 11 is 0. The second-order valence-corrected chi connectivity index (χ2v) is 10.4. The van der Waals surface area contributed by atoms with E-state index in [1.165, 1.54) is 6.42 Å². The van der Waals surface area contributed by atoms with Crippen molar-refractivity contribution in [3.05, 3.63) is 65.7 Å². The van der Waals surface area contributed by atoms with Gasteiger partial charge in [0.25, 0.3) is 6.29 Å². The lowest BCUT2D eigenvalue weighted by Gasteiger charge is -2.34. The zero-order chi connectivity index (χ0) is 26.5. The Morgan fingerprint density at radius 2 is 1.85 bits per heavy atom. The maximum Gasteiger partial charge on any atom is 0.372 e. The van der Waals surface area contributed by atoms with E-state index in [-0.39, 0.29) is 11.9 Å². The van der Waals surface area contributed by atoms with E-state index in [1.807, 2.05) is 35.8 Å². The SMILES string of the molecule is Cc1c(N2CCCCC2)c(C2Oc3ccncc3O2)c(-c2ccccc2)c2c1nc(C(=O)O)n2CC1CCO1. The molecule has 2 fully saturated rings. The van der Waals surface area contributed by atoms with E-state index in [2.05, 4.69) is 22.0 Å². The van der Waals surface area contributed by atoms with Gasteiger partial charge in [-0.15, -0.1) is 0 Å². The zero-order valence-corrected chi connectivity index (χ0v) is 21.8. The molecule has 2 atom stereocenters. The van der Waals surface area contributed by atoms with Crippen LogP contribution in [0.2, 0.25) is 0 Å². The number of imidazole rings is 1. The van der Waals surface area contributed by atoms with Gasteiger partial charge in [0.2, 0.25) is 5.82 Å². The van der Waals surface area contributed by atoms with Gasteiger partial charge >= 0.3 is 5.97 Å². The molecule has 3 aliphatic heterocycles. The van der Waals surface area contributed by atoms with Gasteiger partial charge in [-0.2, -0.15) is 0 Å². The first-order valence-corrected chi connectivity index (χ1v) is 13.6. The lowest BCUT2D eigenvalue weighted by molar-refractivity contribution is -0.0589. The van der Waals surface area contributed by atoms with Crippen molar-refractivity contribution in [1.82, 2.24) is 14.5 Å². The van der Waals surface area contributed by atoms with Crippen molar-refractivity contribution in [3.63, 3.8) is 0 Å². The van der Waals surface area contributed by atoms with Crippen LogP contribution in [-0.2, 0) is 11.3 Å². The number of fused-ring (bicyclic) bond motifs is 2. The van der Waals surface area contributed by atoms with Crippen molar-refractivity contribution >= 4 is 22.7 Å². The summed E-state index contributed by atoms with van der Waals surface area (Å²) in [5.41, 5.74) is 6.10. The molecule has 3 aliphatic rings. The van der Waals surface area contributed by atoms with Crippen molar-refractivity contribution in [2.75, 3.05) is 24.6 Å². The number of anilines is 1. The third kappa shape index (κ3) is 3.99. The van der Waals surface area contributed by atoms with Crippen molar-refractivity contribution in [2.24, 2.45) is 0 Å². The van der Waals surface area contributed by atoms with Crippen molar-refractivity contribution in [2.45, 2.75) is 51.5 Å². The van der Waals surface area contributed by atoms with Crippen LogP contribution in [-0.4, -0.2) is 51.4 Å². The fourth-order valence-corrected chi connectivity index (χ4v) is 6.08. The smallest absolute Gasteiger partial charge is 0.372 e. The van der Waals surface area contributed by atoms with E-state index in [4.69, 9.17) is 19.2 Å². The molecule has 0 spiro atoms. The molecule has 2 aromatic heterocycles. The highest BCUT2D eigenvalue weighted by Crippen LogP contribution is 2.50. The van der Waals surface area contributed by atoms with Gasteiger partial charge in [-0.3, -0.25) is 4.98 Å². The molecule has 9 heteroatoms. The molecule has 0 bridgehead atoms. The molecule has 4 aromatic rings. The molecular weight excluding hydrogens is 496 g/mol. The number of carboxylic acid groups (broad SMARTS) is 1. The first-order chi connectivity index (χ1) is 19.1. The largest absolute Gasteiger partial charge is 0.475 e. The molecule has 2 aromatic carbocycles. The van der Waals surface area contributed by atoms with Crippen LogP contribution in [0.4, 0.5) is 5.69 Å². The Morgan fingerprint density at radius 1 is 1.08 bits per heavy atom. The Kier molecular flexibility index (Phi) is 5.88. The summed E-state index contributed by atoms with van der Waals surface area (Å²) in [6.45, 7) is 4.94. The number of aryl methyl sites for hydroxylation is 1. The molecule has 2 saturated heterocycles. The van der Waals surface area contributed by atoms with E-state index in [0.29, 0.717) is 30.2 Å². The number of pyridine rings is 1. The van der Waals surface area contributed by atoms with Crippen molar-refractivity contribution in [1.29, 1.82) is 0 Å². The average molecular weight is 527 g/mol. The number of benzene rings is 2. The molecule has 200 valence electrons. The molecule has 0 saturated carbocycles. The highest BCUT2D eigenvalue weighted by Gasteiger charge is 2.37. The molecule has 39 heavy (non-hydrogen) atoms. The van der Waals surface area contributed by atoms with Crippen LogP contribution in [0.5, 0.6) is 11.5 Å². The number of piperidine rings is 1. The molecular formula is C30H30N4O5. The molecule has 0 radical (unpaired) electrons. The first kappa shape index (κ1) is 24.0. The summed E-state index contributed by atoms with van der Waals surface area (Å²) in [6, 6.07) is 11.9. The highest BCUT2D eigenvalue weighted by molar-refractivity contribution is 6.03. The van der Waals surface area contributed by atoms with Crippen LogP contribution in [0.1, 0.15) is 53.7 Å². The number of carbonyl (C=O) groups is 1. The molecule has 0 amide bonds. The second-order valence-electron chi connectivity index (χ2n) is 10.4. The minimum Gasteiger partial charge on any atom is -0.475 e. The van der Waals surface area contributed by atoms with Gasteiger partial charge in [0.05, 0.1) is 41.1 Å². The van der Waals surface area contributed by atoms with E-state index in [0.717, 1.165) is 65.8 Å². The summed E-state index contributed by atoms with van der Waals surface area (Å²) in [7, 11) is 0. The minimum absolute atomic E-state index is 0.0169. The number of aromatic nitrogens is 3. The van der Waals surface area contributed by atoms with Crippen LogP contribution < -0.4 is 14.4 Å². The fraction of sp³-hybridized carbons (Fsp3) is 0.367. The van der Waals surface area contributed by atoms with Crippen LogP contribution in [0.15, 0.2) is 48.8 Å². The highest BCUT2D eigenvalue weighted by atomic mass is 16.7. The average Bonchev–Trinajstić information content (AvgIpc) is 3.54. The third-order valence-electron chi connectivity index (χ3n) is 8.00. The van der Waals surface area contributed by atoms with Crippen molar-refractivity contribution in [3.8, 4) is 22.6 Å². The fourth-order valence-electron chi connectivity index (χ4n) is 6.08. The number of carboxylic acids is 1. The zero-order valence-electron chi connectivity index (χ0n) is 21.8. The van der Waals surface area contributed by atoms with Gasteiger partial charge in [0.1, 0.15) is 0 Å². The lowest BCUT2D eigenvalue weighted by Crippen LogP contribution is -2.33. The molecule has 5 heterocycles. The number of aromatic carboxylic acids is 1. The molecule has 1 N–H and O–H groups in total. The van der Waals surface area contributed by atoms with Gasteiger partial charge in [-0.1, -0.05) is 30.3 Å². The van der Waals surface area contributed by atoms with E-state index >= 15 is 0 Å². The summed E-state index contributed by atoms with van der Waals surface area (Å²) < 4.78 is 20.4. The lowest BCUT2D eigenvalue weighted by atomic mass is 9.91. The predicted molar refractivity (Wildman–Crippen MR) is 146 cm³/mol.